The number of hydrogen-bond acceptors (Lipinski definition) is 5. The maximum Gasteiger partial charge on any atom is 0.347 e. The predicted octanol–water partition coefficient (Wildman–Crippen LogP) is 2.49. The number of carboxylic acid groups (broad SMARTS) is 1. The van der Waals surface area contributed by atoms with Crippen molar-refractivity contribution < 1.29 is 14.6 Å². The topological polar surface area (TPSA) is 62.7 Å². The van der Waals surface area contributed by atoms with Crippen LogP contribution in [0.1, 0.15) is 15.2 Å². The summed E-state index contributed by atoms with van der Waals surface area (Å²) >= 11 is 1.16. The van der Waals surface area contributed by atoms with E-state index in [4.69, 9.17) is 9.84 Å². The van der Waals surface area contributed by atoms with Crippen molar-refractivity contribution in [2.45, 2.75) is 6.54 Å². The average Bonchev–Trinajstić information content (AvgIpc) is 2.89. The van der Waals surface area contributed by atoms with Crippen molar-refractivity contribution in [2.75, 3.05) is 19.1 Å². The van der Waals surface area contributed by atoms with Gasteiger partial charge < -0.3 is 14.7 Å². The van der Waals surface area contributed by atoms with Gasteiger partial charge in [-0.2, -0.15) is 0 Å². The number of thiazole rings is 1. The highest BCUT2D eigenvalue weighted by Gasteiger charge is 2.12. The molecule has 100 valence electrons. The first-order chi connectivity index (χ1) is 9.10. The van der Waals surface area contributed by atoms with E-state index in [0.717, 1.165) is 22.6 Å². The summed E-state index contributed by atoms with van der Waals surface area (Å²) in [5.74, 6) is -0.144. The maximum atomic E-state index is 10.8. The Labute approximate surface area is 115 Å². The van der Waals surface area contributed by atoms with Crippen LogP contribution in [0.2, 0.25) is 0 Å². The van der Waals surface area contributed by atoms with Gasteiger partial charge in [-0.15, -0.1) is 0 Å². The summed E-state index contributed by atoms with van der Waals surface area (Å²) in [5, 5.41) is 9.55. The molecule has 5 nitrogen and oxygen atoms in total. The summed E-state index contributed by atoms with van der Waals surface area (Å²) in [4.78, 5) is 17.1. The van der Waals surface area contributed by atoms with Crippen LogP contribution in [0.5, 0.6) is 5.75 Å². The third-order valence-electron chi connectivity index (χ3n) is 2.58. The van der Waals surface area contributed by atoms with Crippen LogP contribution in [0, 0.1) is 0 Å². The Morgan fingerprint density at radius 3 is 2.95 bits per heavy atom. The summed E-state index contributed by atoms with van der Waals surface area (Å²) in [6.45, 7) is 0.643. The fourth-order valence-corrected chi connectivity index (χ4v) is 2.37. The third-order valence-corrected chi connectivity index (χ3v) is 3.68. The molecule has 1 aromatic heterocycles. The molecule has 0 unspecified atom stereocenters. The molecule has 0 radical (unpaired) electrons. The fourth-order valence-electron chi connectivity index (χ4n) is 1.65. The minimum absolute atomic E-state index is 0.243. The zero-order valence-electron chi connectivity index (χ0n) is 10.7. The molecule has 0 saturated carbocycles. The van der Waals surface area contributed by atoms with Gasteiger partial charge in [0.1, 0.15) is 10.6 Å². The number of methoxy groups -OCH3 is 1. The van der Waals surface area contributed by atoms with Crippen LogP contribution in [0.25, 0.3) is 0 Å². The van der Waals surface area contributed by atoms with Crippen LogP contribution in [0.4, 0.5) is 5.13 Å². The lowest BCUT2D eigenvalue weighted by Crippen LogP contribution is -2.15. The number of aromatic nitrogens is 1. The first-order valence-corrected chi connectivity index (χ1v) is 6.45. The second-order valence-corrected chi connectivity index (χ2v) is 5.03. The van der Waals surface area contributed by atoms with E-state index in [2.05, 4.69) is 4.98 Å². The highest BCUT2D eigenvalue weighted by Crippen LogP contribution is 2.23. The van der Waals surface area contributed by atoms with E-state index in [1.54, 1.807) is 7.11 Å². The van der Waals surface area contributed by atoms with Crippen LogP contribution in [-0.2, 0) is 6.54 Å². The van der Waals surface area contributed by atoms with E-state index in [-0.39, 0.29) is 4.88 Å². The smallest absolute Gasteiger partial charge is 0.347 e. The standard InChI is InChI=1S/C13H14N2O3S/c1-15(13-14-7-11(19-13)12(16)17)8-9-4-3-5-10(6-9)18-2/h3-7H,8H2,1-2H3,(H,16,17). The van der Waals surface area contributed by atoms with Crippen LogP contribution >= 0.6 is 11.3 Å². The Hall–Kier alpha value is -2.08. The lowest BCUT2D eigenvalue weighted by Gasteiger charge is -2.16. The Morgan fingerprint density at radius 1 is 1.53 bits per heavy atom. The molecule has 19 heavy (non-hydrogen) atoms. The highest BCUT2D eigenvalue weighted by atomic mass is 32.1. The lowest BCUT2D eigenvalue weighted by molar-refractivity contribution is 0.0702. The predicted molar refractivity (Wildman–Crippen MR) is 74.2 cm³/mol. The van der Waals surface area contributed by atoms with Crippen LogP contribution in [0.3, 0.4) is 0 Å². The number of hydrogen-bond donors (Lipinski definition) is 1. The van der Waals surface area contributed by atoms with Gasteiger partial charge in [0.05, 0.1) is 13.3 Å². The number of ether oxygens (including phenoxy) is 1. The molecular weight excluding hydrogens is 264 g/mol. The van der Waals surface area contributed by atoms with E-state index < -0.39 is 5.97 Å². The molecule has 0 saturated heterocycles. The molecule has 6 heteroatoms. The number of anilines is 1. The van der Waals surface area contributed by atoms with Gasteiger partial charge in [-0.05, 0) is 17.7 Å². The van der Waals surface area contributed by atoms with E-state index in [1.165, 1.54) is 6.20 Å². The van der Waals surface area contributed by atoms with Crippen molar-refractivity contribution in [3.8, 4) is 5.75 Å². The van der Waals surface area contributed by atoms with Crippen molar-refractivity contribution in [1.29, 1.82) is 0 Å². The van der Waals surface area contributed by atoms with Gasteiger partial charge in [-0.1, -0.05) is 23.5 Å². The molecule has 2 rings (SSSR count). The molecule has 2 aromatic rings. The van der Waals surface area contributed by atoms with Crippen molar-refractivity contribution in [3.63, 3.8) is 0 Å². The van der Waals surface area contributed by atoms with Crippen molar-refractivity contribution in [2.24, 2.45) is 0 Å². The largest absolute Gasteiger partial charge is 0.497 e. The summed E-state index contributed by atoms with van der Waals surface area (Å²) in [6, 6.07) is 7.74. The van der Waals surface area contributed by atoms with Gasteiger partial charge in [0.15, 0.2) is 5.13 Å². The monoisotopic (exact) mass is 278 g/mol. The fraction of sp³-hybridized carbons (Fsp3) is 0.231. The Bertz CT molecular complexity index is 583. The molecule has 0 bridgehead atoms. The van der Waals surface area contributed by atoms with Crippen LogP contribution in [-0.4, -0.2) is 30.2 Å². The molecule has 1 heterocycles. The van der Waals surface area contributed by atoms with E-state index >= 15 is 0 Å². The normalized spacial score (nSPS) is 10.2. The quantitative estimate of drug-likeness (QED) is 0.910. The molecule has 0 atom stereocenters. The average molecular weight is 278 g/mol. The summed E-state index contributed by atoms with van der Waals surface area (Å²) in [7, 11) is 3.51. The summed E-state index contributed by atoms with van der Waals surface area (Å²) in [6.07, 6.45) is 1.38. The number of nitrogens with zero attached hydrogens (tertiary/aromatic N) is 2. The van der Waals surface area contributed by atoms with Gasteiger partial charge in [-0.25, -0.2) is 9.78 Å². The SMILES string of the molecule is COc1cccc(CN(C)c2ncc(C(=O)O)s2)c1. The van der Waals surface area contributed by atoms with Crippen molar-refractivity contribution in [3.05, 3.63) is 40.9 Å². The first kappa shape index (κ1) is 13.4. The van der Waals surface area contributed by atoms with E-state index in [1.807, 2.05) is 36.2 Å². The van der Waals surface area contributed by atoms with Gasteiger partial charge in [0.2, 0.25) is 0 Å². The number of rotatable bonds is 5. The van der Waals surface area contributed by atoms with Gasteiger partial charge >= 0.3 is 5.97 Å². The molecule has 0 aliphatic rings. The zero-order chi connectivity index (χ0) is 13.8. The maximum absolute atomic E-state index is 10.8. The third kappa shape index (κ3) is 3.23. The molecular formula is C13H14N2O3S. The number of benzene rings is 1. The van der Waals surface area contributed by atoms with E-state index in [0.29, 0.717) is 11.7 Å². The summed E-state index contributed by atoms with van der Waals surface area (Å²) < 4.78 is 5.17. The second kappa shape index (κ2) is 5.71. The first-order valence-electron chi connectivity index (χ1n) is 5.63. The highest BCUT2D eigenvalue weighted by molar-refractivity contribution is 7.17. The van der Waals surface area contributed by atoms with Crippen LogP contribution in [0.15, 0.2) is 30.5 Å². The minimum atomic E-state index is -0.946. The Morgan fingerprint density at radius 2 is 2.32 bits per heavy atom. The molecule has 0 aliphatic heterocycles. The molecule has 0 amide bonds. The molecule has 1 aromatic carbocycles. The van der Waals surface area contributed by atoms with E-state index in [9.17, 15) is 4.79 Å². The molecule has 0 fully saturated rings. The number of aromatic carboxylic acids is 1. The molecule has 0 aliphatic carbocycles. The van der Waals surface area contributed by atoms with Gasteiger partial charge in [-0.3, -0.25) is 0 Å². The second-order valence-electron chi connectivity index (χ2n) is 4.02. The zero-order valence-corrected chi connectivity index (χ0v) is 11.5. The number of carbonyl (C=O) groups is 1. The number of carboxylic acids is 1. The van der Waals surface area contributed by atoms with Gasteiger partial charge in [0, 0.05) is 13.6 Å². The van der Waals surface area contributed by atoms with Crippen molar-refractivity contribution >= 4 is 22.4 Å². The summed E-state index contributed by atoms with van der Waals surface area (Å²) in [5.41, 5.74) is 1.08. The Balaban J connectivity index is 2.10. The molecule has 1 N–H and O–H groups in total. The van der Waals surface area contributed by atoms with Crippen molar-refractivity contribution in [1.82, 2.24) is 4.98 Å². The Kier molecular flexibility index (Phi) is 4.01. The molecule has 0 spiro atoms. The lowest BCUT2D eigenvalue weighted by atomic mass is 10.2. The minimum Gasteiger partial charge on any atom is -0.497 e. The van der Waals surface area contributed by atoms with Crippen LogP contribution < -0.4 is 9.64 Å². The van der Waals surface area contributed by atoms with Gasteiger partial charge in [0.25, 0.3) is 0 Å².